The molecule has 0 spiro atoms. The molecule has 144 valence electrons. The second kappa shape index (κ2) is 9.51. The Bertz CT molecular complexity index is 727. The smallest absolute Gasteiger partial charge is 0.269 e. The van der Waals surface area contributed by atoms with E-state index in [1.54, 1.807) is 12.1 Å². The Labute approximate surface area is 152 Å². The van der Waals surface area contributed by atoms with Crippen molar-refractivity contribution in [1.29, 1.82) is 0 Å². The van der Waals surface area contributed by atoms with Gasteiger partial charge in [-0.25, -0.2) is 13.6 Å². The minimum absolute atomic E-state index is 0.0688. The van der Waals surface area contributed by atoms with Gasteiger partial charge in [-0.3, -0.25) is 4.79 Å². The van der Waals surface area contributed by atoms with Crippen LogP contribution in [0.4, 0.5) is 0 Å². The van der Waals surface area contributed by atoms with Crippen LogP contribution in [0.5, 0.6) is 5.75 Å². The highest BCUT2D eigenvalue weighted by Gasteiger charge is 2.18. The summed E-state index contributed by atoms with van der Waals surface area (Å²) in [5, 5.41) is 20.6. The molecule has 1 fully saturated rings. The van der Waals surface area contributed by atoms with E-state index in [1.165, 1.54) is 12.1 Å². The zero-order valence-corrected chi connectivity index (χ0v) is 15.1. The van der Waals surface area contributed by atoms with E-state index >= 15 is 0 Å². The second-order valence-electron chi connectivity index (χ2n) is 5.91. The van der Waals surface area contributed by atoms with Gasteiger partial charge in [0, 0.05) is 19.4 Å². The van der Waals surface area contributed by atoms with E-state index in [-0.39, 0.29) is 30.2 Å². The molecule has 1 heterocycles. The Morgan fingerprint density at radius 2 is 2.08 bits per heavy atom. The van der Waals surface area contributed by atoms with Gasteiger partial charge in [0.05, 0.1) is 12.4 Å². The number of amides is 1. The number of ether oxygens (including phenoxy) is 1. The van der Waals surface area contributed by atoms with Crippen molar-refractivity contribution in [2.45, 2.75) is 32.0 Å². The van der Waals surface area contributed by atoms with Crippen LogP contribution < -0.4 is 10.5 Å². The summed E-state index contributed by atoms with van der Waals surface area (Å²) in [6.45, 7) is 0.445. The lowest BCUT2D eigenvalue weighted by Gasteiger charge is -2.20. The molecule has 1 saturated heterocycles. The Hall–Kier alpha value is -2.17. The van der Waals surface area contributed by atoms with Gasteiger partial charge in [-0.2, -0.15) is 0 Å². The number of nitrogens with zero attached hydrogens (tertiary/aromatic N) is 1. The summed E-state index contributed by atoms with van der Waals surface area (Å²) in [5.41, 5.74) is 0.801. The standard InChI is InChI=1S/C16H23N3O6S/c17-26(22,23)10-8-18-16(21)14(11-12-4-6-13(20)7-5-12)19-25-15-3-1-2-9-24-15/h4-7,15,20H,1-3,8-11H2,(H,18,21)(H2,17,22,23)/b19-14+. The third-order valence-corrected chi connectivity index (χ3v) is 4.43. The van der Waals surface area contributed by atoms with Crippen LogP contribution in [0.3, 0.4) is 0 Å². The molecule has 0 bridgehead atoms. The lowest BCUT2D eigenvalue weighted by atomic mass is 10.1. The van der Waals surface area contributed by atoms with Crippen molar-refractivity contribution in [3.05, 3.63) is 29.8 Å². The summed E-state index contributed by atoms with van der Waals surface area (Å²) in [7, 11) is -3.67. The van der Waals surface area contributed by atoms with Gasteiger partial charge in [-0.05, 0) is 30.5 Å². The van der Waals surface area contributed by atoms with Crippen molar-refractivity contribution in [1.82, 2.24) is 5.32 Å². The molecule has 1 aliphatic rings. The van der Waals surface area contributed by atoms with Crippen LogP contribution in [0.1, 0.15) is 24.8 Å². The number of carbonyl (C=O) groups is 1. The van der Waals surface area contributed by atoms with Crippen molar-refractivity contribution < 1.29 is 27.9 Å². The van der Waals surface area contributed by atoms with Crippen LogP contribution in [0, 0.1) is 0 Å². The molecule has 10 heteroatoms. The maximum Gasteiger partial charge on any atom is 0.269 e. The van der Waals surface area contributed by atoms with Crippen LogP contribution in [0.2, 0.25) is 0 Å². The summed E-state index contributed by atoms with van der Waals surface area (Å²) in [6.07, 6.45) is 2.24. The first-order chi connectivity index (χ1) is 12.3. The van der Waals surface area contributed by atoms with Gasteiger partial charge < -0.3 is 20.0 Å². The average molecular weight is 385 g/mol. The average Bonchev–Trinajstić information content (AvgIpc) is 2.60. The number of nitrogens with two attached hydrogens (primary N) is 1. The number of sulfonamides is 1. The number of benzene rings is 1. The van der Waals surface area contributed by atoms with Crippen molar-refractivity contribution >= 4 is 21.6 Å². The minimum atomic E-state index is -3.67. The Balaban J connectivity index is 2.03. The Morgan fingerprint density at radius 1 is 1.35 bits per heavy atom. The molecular formula is C16H23N3O6S. The third-order valence-electron chi connectivity index (χ3n) is 3.66. The van der Waals surface area contributed by atoms with E-state index in [0.717, 1.165) is 18.4 Å². The molecule has 9 nitrogen and oxygen atoms in total. The highest BCUT2D eigenvalue weighted by Crippen LogP contribution is 2.15. The van der Waals surface area contributed by atoms with Gasteiger partial charge in [-0.15, -0.1) is 0 Å². The van der Waals surface area contributed by atoms with Crippen molar-refractivity contribution in [3.8, 4) is 5.75 Å². The largest absolute Gasteiger partial charge is 0.508 e. The molecule has 0 radical (unpaired) electrons. The van der Waals surface area contributed by atoms with Gasteiger partial charge in [0.2, 0.25) is 16.3 Å². The molecule has 0 saturated carbocycles. The zero-order chi connectivity index (χ0) is 19.0. The fraction of sp³-hybridized carbons (Fsp3) is 0.500. The van der Waals surface area contributed by atoms with Crippen LogP contribution in [0.15, 0.2) is 29.4 Å². The van der Waals surface area contributed by atoms with E-state index in [4.69, 9.17) is 14.7 Å². The number of carbonyl (C=O) groups excluding carboxylic acids is 1. The first kappa shape index (κ1) is 20.1. The monoisotopic (exact) mass is 385 g/mol. The van der Waals surface area contributed by atoms with E-state index in [2.05, 4.69) is 10.5 Å². The summed E-state index contributed by atoms with van der Waals surface area (Å²) in [4.78, 5) is 17.6. The molecule has 1 aliphatic heterocycles. The molecule has 1 aromatic rings. The SMILES string of the molecule is NS(=O)(=O)CCNC(=O)/C(Cc1ccc(O)cc1)=N/OC1CCCCO1. The van der Waals surface area contributed by atoms with Gasteiger partial charge >= 0.3 is 0 Å². The number of hydrogen-bond donors (Lipinski definition) is 3. The highest BCUT2D eigenvalue weighted by molar-refractivity contribution is 7.89. The molecule has 1 atom stereocenters. The second-order valence-corrected chi connectivity index (χ2v) is 7.64. The molecule has 1 unspecified atom stereocenters. The number of phenols is 1. The van der Waals surface area contributed by atoms with Gasteiger partial charge in [0.15, 0.2) is 0 Å². The zero-order valence-electron chi connectivity index (χ0n) is 14.3. The number of nitrogens with one attached hydrogen (secondary N) is 1. The number of aromatic hydroxyl groups is 1. The first-order valence-electron chi connectivity index (χ1n) is 8.24. The number of phenolic OH excluding ortho intramolecular Hbond substituents is 1. The summed E-state index contributed by atoms with van der Waals surface area (Å²) in [5.74, 6) is -0.827. The molecule has 26 heavy (non-hydrogen) atoms. The fourth-order valence-corrected chi connectivity index (χ4v) is 2.67. The van der Waals surface area contributed by atoms with E-state index in [9.17, 15) is 18.3 Å². The van der Waals surface area contributed by atoms with Crippen LogP contribution in [0.25, 0.3) is 0 Å². The Kier molecular flexibility index (Phi) is 7.37. The molecule has 0 aromatic heterocycles. The van der Waals surface area contributed by atoms with Crippen LogP contribution in [-0.4, -0.2) is 50.3 Å². The maximum absolute atomic E-state index is 12.3. The first-order valence-corrected chi connectivity index (χ1v) is 9.96. The lowest BCUT2D eigenvalue weighted by Crippen LogP contribution is -2.37. The van der Waals surface area contributed by atoms with Crippen molar-refractivity contribution in [2.75, 3.05) is 18.9 Å². The molecular weight excluding hydrogens is 362 g/mol. The third kappa shape index (κ3) is 7.38. The Morgan fingerprint density at radius 3 is 2.69 bits per heavy atom. The normalized spacial score (nSPS) is 18.3. The highest BCUT2D eigenvalue weighted by atomic mass is 32.2. The van der Waals surface area contributed by atoms with Gasteiger partial charge in [0.25, 0.3) is 5.91 Å². The van der Waals surface area contributed by atoms with E-state index in [0.29, 0.717) is 13.0 Å². The molecule has 1 amide bonds. The van der Waals surface area contributed by atoms with E-state index < -0.39 is 22.2 Å². The maximum atomic E-state index is 12.3. The molecule has 1 aromatic carbocycles. The summed E-state index contributed by atoms with van der Waals surface area (Å²) in [6, 6.07) is 6.30. The lowest BCUT2D eigenvalue weighted by molar-refractivity contribution is -0.162. The summed E-state index contributed by atoms with van der Waals surface area (Å²) < 4.78 is 27.3. The number of oxime groups is 1. The predicted octanol–water partition coefficient (Wildman–Crippen LogP) is 0.239. The number of rotatable bonds is 8. The van der Waals surface area contributed by atoms with Gasteiger partial charge in [-0.1, -0.05) is 17.3 Å². The predicted molar refractivity (Wildman–Crippen MR) is 94.9 cm³/mol. The molecule has 0 aliphatic carbocycles. The van der Waals surface area contributed by atoms with Crippen LogP contribution in [-0.2, 0) is 30.8 Å². The quantitative estimate of drug-likeness (QED) is 0.432. The fourth-order valence-electron chi connectivity index (χ4n) is 2.29. The summed E-state index contributed by atoms with van der Waals surface area (Å²) >= 11 is 0. The number of primary sulfonamides is 1. The molecule has 4 N–H and O–H groups in total. The van der Waals surface area contributed by atoms with E-state index in [1.807, 2.05) is 0 Å². The minimum Gasteiger partial charge on any atom is -0.508 e. The topological polar surface area (TPSA) is 140 Å². The van der Waals surface area contributed by atoms with Crippen molar-refractivity contribution in [2.24, 2.45) is 10.3 Å². The molecule has 2 rings (SSSR count). The van der Waals surface area contributed by atoms with Crippen molar-refractivity contribution in [3.63, 3.8) is 0 Å². The van der Waals surface area contributed by atoms with Crippen LogP contribution >= 0.6 is 0 Å². The number of hydrogen-bond acceptors (Lipinski definition) is 7. The van der Waals surface area contributed by atoms with Gasteiger partial charge in [0.1, 0.15) is 11.5 Å².